The SMILES string of the molecule is CN(C)/C=N/C(=S)Nc1ccc(O)cc1. The van der Waals surface area contributed by atoms with Gasteiger partial charge in [-0.1, -0.05) is 0 Å². The Bertz CT molecular complexity index is 359. The lowest BCUT2D eigenvalue weighted by molar-refractivity contribution is 0.475. The Kier molecular flexibility index (Phi) is 4.05. The third-order valence-electron chi connectivity index (χ3n) is 1.52. The molecule has 0 aromatic heterocycles. The topological polar surface area (TPSA) is 47.9 Å². The van der Waals surface area contributed by atoms with E-state index in [1.807, 2.05) is 14.1 Å². The third-order valence-corrected chi connectivity index (χ3v) is 1.73. The summed E-state index contributed by atoms with van der Waals surface area (Å²) in [5, 5.41) is 12.4. The number of hydrogen-bond acceptors (Lipinski definition) is 2. The number of aromatic hydroxyl groups is 1. The Morgan fingerprint density at radius 3 is 2.53 bits per heavy atom. The number of rotatable bonds is 2. The molecule has 0 radical (unpaired) electrons. The van der Waals surface area contributed by atoms with Crippen molar-refractivity contribution in [3.63, 3.8) is 0 Å². The maximum Gasteiger partial charge on any atom is 0.198 e. The molecule has 15 heavy (non-hydrogen) atoms. The van der Waals surface area contributed by atoms with Crippen LogP contribution in [0.3, 0.4) is 0 Å². The lowest BCUT2D eigenvalue weighted by Gasteiger charge is -2.05. The Hall–Kier alpha value is -1.62. The van der Waals surface area contributed by atoms with Gasteiger partial charge in [0.2, 0.25) is 0 Å². The smallest absolute Gasteiger partial charge is 0.198 e. The van der Waals surface area contributed by atoms with Crippen molar-refractivity contribution in [1.82, 2.24) is 4.90 Å². The van der Waals surface area contributed by atoms with E-state index in [1.54, 1.807) is 35.5 Å². The van der Waals surface area contributed by atoms with Crippen LogP contribution in [0.2, 0.25) is 0 Å². The lowest BCUT2D eigenvalue weighted by Crippen LogP contribution is -2.12. The zero-order chi connectivity index (χ0) is 11.3. The summed E-state index contributed by atoms with van der Waals surface area (Å²) in [6.45, 7) is 0. The van der Waals surface area contributed by atoms with Gasteiger partial charge in [0, 0.05) is 19.8 Å². The van der Waals surface area contributed by atoms with Gasteiger partial charge in [-0.15, -0.1) is 0 Å². The Labute approximate surface area is 94.2 Å². The first-order chi connectivity index (χ1) is 7.08. The van der Waals surface area contributed by atoms with Gasteiger partial charge in [0.05, 0.1) is 6.34 Å². The van der Waals surface area contributed by atoms with Crippen molar-refractivity contribution >= 4 is 29.4 Å². The first-order valence-corrected chi connectivity index (χ1v) is 4.79. The molecule has 1 aromatic rings. The van der Waals surface area contributed by atoms with E-state index < -0.39 is 0 Å². The van der Waals surface area contributed by atoms with Crippen molar-refractivity contribution in [3.05, 3.63) is 24.3 Å². The van der Waals surface area contributed by atoms with E-state index in [-0.39, 0.29) is 5.75 Å². The molecule has 0 saturated heterocycles. The van der Waals surface area contributed by atoms with Gasteiger partial charge in [-0.3, -0.25) is 0 Å². The Morgan fingerprint density at radius 1 is 1.40 bits per heavy atom. The van der Waals surface area contributed by atoms with Crippen LogP contribution in [0.5, 0.6) is 5.75 Å². The maximum atomic E-state index is 9.07. The quantitative estimate of drug-likeness (QED) is 0.346. The number of nitrogens with zero attached hydrogens (tertiary/aromatic N) is 2. The highest BCUT2D eigenvalue weighted by Gasteiger charge is 1.94. The number of thiocarbonyl (C=S) groups is 1. The fraction of sp³-hybridized carbons (Fsp3) is 0.200. The van der Waals surface area contributed by atoms with E-state index in [0.717, 1.165) is 5.69 Å². The molecular weight excluding hydrogens is 210 g/mol. The number of phenols is 1. The number of hydrogen-bond donors (Lipinski definition) is 2. The molecular formula is C10H13N3OS. The van der Waals surface area contributed by atoms with Gasteiger partial charge < -0.3 is 15.3 Å². The molecule has 1 rings (SSSR count). The molecule has 0 aliphatic rings. The molecule has 2 N–H and O–H groups in total. The summed E-state index contributed by atoms with van der Waals surface area (Å²) in [7, 11) is 3.74. The minimum Gasteiger partial charge on any atom is -0.508 e. The van der Waals surface area contributed by atoms with Crippen molar-refractivity contribution in [2.75, 3.05) is 19.4 Å². The molecule has 0 aliphatic heterocycles. The van der Waals surface area contributed by atoms with Gasteiger partial charge in [-0.2, -0.15) is 0 Å². The Balaban J connectivity index is 2.55. The second-order valence-corrected chi connectivity index (χ2v) is 3.57. The molecule has 0 bridgehead atoms. The fourth-order valence-electron chi connectivity index (χ4n) is 0.868. The van der Waals surface area contributed by atoms with E-state index >= 15 is 0 Å². The zero-order valence-electron chi connectivity index (χ0n) is 8.64. The van der Waals surface area contributed by atoms with Gasteiger partial charge in [0.25, 0.3) is 0 Å². The average Bonchev–Trinajstić information content (AvgIpc) is 2.19. The van der Waals surface area contributed by atoms with Crippen LogP contribution >= 0.6 is 12.2 Å². The van der Waals surface area contributed by atoms with Crippen LogP contribution in [-0.2, 0) is 0 Å². The molecule has 0 aliphatic carbocycles. The molecule has 4 nitrogen and oxygen atoms in total. The minimum atomic E-state index is 0.225. The summed E-state index contributed by atoms with van der Waals surface area (Å²) in [5.41, 5.74) is 0.800. The van der Waals surface area contributed by atoms with E-state index in [1.165, 1.54) is 0 Å². The van der Waals surface area contributed by atoms with E-state index in [0.29, 0.717) is 5.11 Å². The van der Waals surface area contributed by atoms with E-state index in [2.05, 4.69) is 10.3 Å². The minimum absolute atomic E-state index is 0.225. The monoisotopic (exact) mass is 223 g/mol. The van der Waals surface area contributed by atoms with Crippen LogP contribution in [0.15, 0.2) is 29.3 Å². The largest absolute Gasteiger partial charge is 0.508 e. The highest BCUT2D eigenvalue weighted by molar-refractivity contribution is 7.80. The number of anilines is 1. The standard InChI is InChI=1S/C10H13N3OS/c1-13(2)7-11-10(15)12-8-3-5-9(14)6-4-8/h3-7,14H,1-2H3,(H,12,15)/b11-7+. The van der Waals surface area contributed by atoms with Gasteiger partial charge in [-0.25, -0.2) is 4.99 Å². The van der Waals surface area contributed by atoms with Crippen molar-refractivity contribution in [1.29, 1.82) is 0 Å². The molecule has 0 fully saturated rings. The Morgan fingerprint density at radius 2 is 2.00 bits per heavy atom. The number of nitrogens with one attached hydrogen (secondary N) is 1. The van der Waals surface area contributed by atoms with Crippen molar-refractivity contribution in [3.8, 4) is 5.75 Å². The first kappa shape index (κ1) is 11.5. The predicted molar refractivity (Wildman–Crippen MR) is 66.5 cm³/mol. The zero-order valence-corrected chi connectivity index (χ0v) is 9.45. The summed E-state index contributed by atoms with van der Waals surface area (Å²) >= 11 is 4.99. The molecule has 80 valence electrons. The van der Waals surface area contributed by atoms with Gasteiger partial charge in [0.15, 0.2) is 5.11 Å². The number of benzene rings is 1. The highest BCUT2D eigenvalue weighted by Crippen LogP contribution is 2.13. The fourth-order valence-corrected chi connectivity index (χ4v) is 1.03. The van der Waals surface area contributed by atoms with E-state index in [4.69, 9.17) is 17.3 Å². The van der Waals surface area contributed by atoms with Crippen LogP contribution < -0.4 is 5.32 Å². The van der Waals surface area contributed by atoms with Gasteiger partial charge in [0.1, 0.15) is 5.75 Å². The van der Waals surface area contributed by atoms with Crippen LogP contribution in [0.25, 0.3) is 0 Å². The number of phenolic OH excluding ortho intramolecular Hbond substituents is 1. The van der Waals surface area contributed by atoms with Crippen molar-refractivity contribution < 1.29 is 5.11 Å². The summed E-state index contributed by atoms with van der Waals surface area (Å²) in [4.78, 5) is 5.80. The molecule has 0 amide bonds. The number of aliphatic imine (C=N–C) groups is 1. The van der Waals surface area contributed by atoms with Crippen molar-refractivity contribution in [2.45, 2.75) is 0 Å². The van der Waals surface area contributed by atoms with Crippen LogP contribution in [-0.4, -0.2) is 35.6 Å². The molecule has 1 aromatic carbocycles. The van der Waals surface area contributed by atoms with Crippen LogP contribution in [0.1, 0.15) is 0 Å². The molecule has 0 heterocycles. The molecule has 5 heteroatoms. The molecule has 0 saturated carbocycles. The van der Waals surface area contributed by atoms with Crippen LogP contribution in [0, 0.1) is 0 Å². The second kappa shape index (κ2) is 5.31. The molecule has 0 spiro atoms. The highest BCUT2D eigenvalue weighted by atomic mass is 32.1. The summed E-state index contributed by atoms with van der Waals surface area (Å²) in [5.74, 6) is 0.225. The van der Waals surface area contributed by atoms with Gasteiger partial charge in [-0.05, 0) is 36.5 Å². The summed E-state index contributed by atoms with van der Waals surface area (Å²) in [6.07, 6.45) is 1.62. The maximum absolute atomic E-state index is 9.07. The van der Waals surface area contributed by atoms with Crippen molar-refractivity contribution in [2.24, 2.45) is 4.99 Å². The summed E-state index contributed by atoms with van der Waals surface area (Å²) < 4.78 is 0. The second-order valence-electron chi connectivity index (χ2n) is 3.19. The normalized spacial score (nSPS) is 10.3. The average molecular weight is 223 g/mol. The lowest BCUT2D eigenvalue weighted by atomic mass is 10.3. The summed E-state index contributed by atoms with van der Waals surface area (Å²) in [6, 6.07) is 6.63. The first-order valence-electron chi connectivity index (χ1n) is 4.38. The predicted octanol–water partition coefficient (Wildman–Crippen LogP) is 1.68. The molecule has 0 unspecified atom stereocenters. The van der Waals surface area contributed by atoms with Gasteiger partial charge >= 0.3 is 0 Å². The van der Waals surface area contributed by atoms with Crippen LogP contribution in [0.4, 0.5) is 5.69 Å². The van der Waals surface area contributed by atoms with E-state index in [9.17, 15) is 0 Å². The molecule has 0 atom stereocenters. The third kappa shape index (κ3) is 4.42.